The maximum Gasteiger partial charge on any atom is 0.280 e. The van der Waals surface area contributed by atoms with Crippen molar-refractivity contribution in [3.63, 3.8) is 0 Å². The second kappa shape index (κ2) is 6.08. The molecule has 3 rings (SSSR count). The molecule has 2 aliphatic rings. The van der Waals surface area contributed by atoms with Crippen molar-refractivity contribution in [1.82, 2.24) is 9.03 Å². The van der Waals surface area contributed by atoms with Crippen LogP contribution in [0.3, 0.4) is 0 Å². The van der Waals surface area contributed by atoms with Gasteiger partial charge in [0, 0.05) is 25.3 Å². The molecule has 0 unspecified atom stereocenters. The molecule has 0 aromatic heterocycles. The molecule has 1 saturated carbocycles. The molecule has 8 heteroatoms. The van der Waals surface area contributed by atoms with Crippen LogP contribution >= 0.6 is 0 Å². The van der Waals surface area contributed by atoms with E-state index in [1.807, 2.05) is 0 Å². The van der Waals surface area contributed by atoms with E-state index < -0.39 is 27.4 Å². The summed E-state index contributed by atoms with van der Waals surface area (Å²) < 4.78 is 61.9. The van der Waals surface area contributed by atoms with E-state index in [0.29, 0.717) is 26.0 Å². The molecule has 1 aromatic carbocycles. The van der Waals surface area contributed by atoms with E-state index in [1.54, 1.807) is 0 Å². The standard InChI is InChI=1S/C15H20F2N2O3S/c1-22-10-12-3-2-8-19(12)23(20,21)18-15(6-7-15)13-9-11(16)4-5-14(13)17/h4-5,9,12,18H,2-3,6-8,10H2,1H3/t12-/m0/s1. The summed E-state index contributed by atoms with van der Waals surface area (Å²) in [7, 11) is -2.26. The van der Waals surface area contributed by atoms with Crippen LogP contribution in [-0.4, -0.2) is 39.0 Å². The van der Waals surface area contributed by atoms with Crippen LogP contribution in [0.5, 0.6) is 0 Å². The Morgan fingerprint density at radius 1 is 1.39 bits per heavy atom. The number of nitrogens with zero attached hydrogens (tertiary/aromatic N) is 1. The van der Waals surface area contributed by atoms with Gasteiger partial charge < -0.3 is 4.74 Å². The van der Waals surface area contributed by atoms with Crippen LogP contribution in [0, 0.1) is 11.6 Å². The summed E-state index contributed by atoms with van der Waals surface area (Å²) in [5.41, 5.74) is -0.964. The molecule has 1 aromatic rings. The zero-order chi connectivity index (χ0) is 16.7. The van der Waals surface area contributed by atoms with Crippen molar-refractivity contribution >= 4 is 10.2 Å². The SMILES string of the molecule is COC[C@@H]1CCCN1S(=O)(=O)NC1(c2cc(F)ccc2F)CC1. The van der Waals surface area contributed by atoms with Crippen LogP contribution in [0.25, 0.3) is 0 Å². The second-order valence-corrected chi connectivity index (χ2v) is 7.80. The zero-order valence-electron chi connectivity index (χ0n) is 12.9. The Bertz CT molecular complexity index is 692. The van der Waals surface area contributed by atoms with E-state index in [1.165, 1.54) is 11.4 Å². The Balaban J connectivity index is 1.84. The third-order valence-corrected chi connectivity index (χ3v) is 6.26. The summed E-state index contributed by atoms with van der Waals surface area (Å²) in [6, 6.07) is 2.91. The Hall–Kier alpha value is -1.09. The predicted molar refractivity (Wildman–Crippen MR) is 80.9 cm³/mol. The molecule has 1 aliphatic heterocycles. The highest BCUT2D eigenvalue weighted by molar-refractivity contribution is 7.87. The van der Waals surface area contributed by atoms with Crippen molar-refractivity contribution in [2.75, 3.05) is 20.3 Å². The number of hydrogen-bond acceptors (Lipinski definition) is 3. The van der Waals surface area contributed by atoms with Gasteiger partial charge in [0.05, 0.1) is 12.1 Å². The lowest BCUT2D eigenvalue weighted by Gasteiger charge is -2.27. The Morgan fingerprint density at radius 2 is 2.13 bits per heavy atom. The molecular formula is C15H20F2N2O3S. The van der Waals surface area contributed by atoms with Gasteiger partial charge in [-0.3, -0.25) is 0 Å². The number of halogens is 2. The van der Waals surface area contributed by atoms with E-state index in [-0.39, 0.29) is 11.6 Å². The quantitative estimate of drug-likeness (QED) is 0.856. The largest absolute Gasteiger partial charge is 0.383 e. The molecule has 1 saturated heterocycles. The number of benzene rings is 1. The number of methoxy groups -OCH3 is 1. The fourth-order valence-corrected chi connectivity index (χ4v) is 5.06. The minimum Gasteiger partial charge on any atom is -0.383 e. The van der Waals surface area contributed by atoms with Crippen LogP contribution in [0.2, 0.25) is 0 Å². The average molecular weight is 346 g/mol. The zero-order valence-corrected chi connectivity index (χ0v) is 13.7. The van der Waals surface area contributed by atoms with Gasteiger partial charge in [-0.05, 0) is 43.9 Å². The normalized spacial score (nSPS) is 24.0. The number of rotatable bonds is 6. The first-order valence-electron chi connectivity index (χ1n) is 7.63. The van der Waals surface area contributed by atoms with Gasteiger partial charge in [-0.15, -0.1) is 0 Å². The van der Waals surface area contributed by atoms with Gasteiger partial charge >= 0.3 is 0 Å². The van der Waals surface area contributed by atoms with Crippen LogP contribution in [-0.2, 0) is 20.5 Å². The number of hydrogen-bond donors (Lipinski definition) is 1. The van der Waals surface area contributed by atoms with Gasteiger partial charge in [0.1, 0.15) is 11.6 Å². The van der Waals surface area contributed by atoms with Crippen molar-refractivity contribution in [3.8, 4) is 0 Å². The lowest BCUT2D eigenvalue weighted by atomic mass is 10.1. The van der Waals surface area contributed by atoms with Crippen molar-refractivity contribution < 1.29 is 21.9 Å². The highest BCUT2D eigenvalue weighted by Gasteiger charge is 2.51. The second-order valence-electron chi connectivity index (χ2n) is 6.18. The van der Waals surface area contributed by atoms with Gasteiger partial charge in [0.15, 0.2) is 0 Å². The molecule has 1 atom stereocenters. The van der Waals surface area contributed by atoms with Crippen LogP contribution in [0.4, 0.5) is 8.78 Å². The smallest absolute Gasteiger partial charge is 0.280 e. The topological polar surface area (TPSA) is 58.6 Å². The van der Waals surface area contributed by atoms with Gasteiger partial charge in [-0.1, -0.05) is 0 Å². The fourth-order valence-electron chi connectivity index (χ4n) is 3.21. The first-order chi connectivity index (χ1) is 10.9. The summed E-state index contributed by atoms with van der Waals surface area (Å²) in [5, 5.41) is 0. The minimum atomic E-state index is -3.79. The van der Waals surface area contributed by atoms with Crippen LogP contribution in [0.15, 0.2) is 18.2 Å². The fraction of sp³-hybridized carbons (Fsp3) is 0.600. The van der Waals surface area contributed by atoms with E-state index in [0.717, 1.165) is 31.0 Å². The monoisotopic (exact) mass is 346 g/mol. The van der Waals surface area contributed by atoms with E-state index in [9.17, 15) is 17.2 Å². The van der Waals surface area contributed by atoms with Crippen molar-refractivity contribution in [1.29, 1.82) is 0 Å². The van der Waals surface area contributed by atoms with E-state index >= 15 is 0 Å². The molecule has 0 bridgehead atoms. The summed E-state index contributed by atoms with van der Waals surface area (Å²) in [6.07, 6.45) is 2.40. The summed E-state index contributed by atoms with van der Waals surface area (Å²) >= 11 is 0. The molecule has 23 heavy (non-hydrogen) atoms. The Labute approximate surface area is 134 Å². The Kier molecular flexibility index (Phi) is 4.43. The lowest BCUT2D eigenvalue weighted by molar-refractivity contribution is 0.148. The van der Waals surface area contributed by atoms with E-state index in [4.69, 9.17) is 4.74 Å². The van der Waals surface area contributed by atoms with Gasteiger partial charge in [-0.2, -0.15) is 17.4 Å². The van der Waals surface area contributed by atoms with Crippen molar-refractivity contribution in [3.05, 3.63) is 35.4 Å². The molecule has 2 fully saturated rings. The predicted octanol–water partition coefficient (Wildman–Crippen LogP) is 1.90. The summed E-state index contributed by atoms with van der Waals surface area (Å²) in [4.78, 5) is 0. The maximum absolute atomic E-state index is 14.0. The van der Waals surface area contributed by atoms with E-state index in [2.05, 4.69) is 4.72 Å². The molecule has 1 heterocycles. The maximum atomic E-state index is 14.0. The van der Waals surface area contributed by atoms with Gasteiger partial charge in [0.25, 0.3) is 10.2 Å². The molecule has 0 amide bonds. The highest BCUT2D eigenvalue weighted by atomic mass is 32.2. The first-order valence-corrected chi connectivity index (χ1v) is 9.07. The minimum absolute atomic E-state index is 0.0727. The van der Waals surface area contributed by atoms with Crippen molar-refractivity contribution in [2.45, 2.75) is 37.3 Å². The molecule has 128 valence electrons. The molecular weight excluding hydrogens is 326 g/mol. The van der Waals surface area contributed by atoms with Crippen LogP contribution in [0.1, 0.15) is 31.2 Å². The molecule has 5 nitrogen and oxygen atoms in total. The third-order valence-electron chi connectivity index (χ3n) is 4.51. The average Bonchev–Trinajstić information content (AvgIpc) is 3.08. The van der Waals surface area contributed by atoms with Crippen molar-refractivity contribution in [2.24, 2.45) is 0 Å². The number of nitrogens with one attached hydrogen (secondary N) is 1. The first kappa shape index (κ1) is 16.8. The summed E-state index contributed by atoms with van der Waals surface area (Å²) in [6.45, 7) is 0.729. The molecule has 1 aliphatic carbocycles. The number of ether oxygens (including phenoxy) is 1. The summed E-state index contributed by atoms with van der Waals surface area (Å²) in [5.74, 6) is -1.17. The Morgan fingerprint density at radius 3 is 2.78 bits per heavy atom. The van der Waals surface area contributed by atoms with Gasteiger partial charge in [0.2, 0.25) is 0 Å². The molecule has 0 radical (unpaired) electrons. The van der Waals surface area contributed by atoms with Gasteiger partial charge in [-0.25, -0.2) is 8.78 Å². The van der Waals surface area contributed by atoms with Crippen LogP contribution < -0.4 is 4.72 Å². The molecule has 0 spiro atoms. The lowest BCUT2D eigenvalue weighted by Crippen LogP contribution is -2.48. The highest BCUT2D eigenvalue weighted by Crippen LogP contribution is 2.47. The molecule has 1 N–H and O–H groups in total. The third kappa shape index (κ3) is 3.26.